The number of aromatic nitrogens is 2. The first-order valence-corrected chi connectivity index (χ1v) is 7.95. The van der Waals surface area contributed by atoms with E-state index in [-0.39, 0.29) is 12.5 Å². The number of pyridine rings is 1. The zero-order valence-corrected chi connectivity index (χ0v) is 13.2. The van der Waals surface area contributed by atoms with Gasteiger partial charge in [0.05, 0.1) is 10.6 Å². The van der Waals surface area contributed by atoms with Gasteiger partial charge < -0.3 is 14.5 Å². The number of imidazole rings is 1. The second-order valence-electron chi connectivity index (χ2n) is 4.98. The Morgan fingerprint density at radius 2 is 2.22 bits per heavy atom. The van der Waals surface area contributed by atoms with Crippen molar-refractivity contribution in [3.63, 3.8) is 0 Å². The first-order valence-electron chi connectivity index (χ1n) is 7.07. The summed E-state index contributed by atoms with van der Waals surface area (Å²) in [6, 6.07) is 8.42. The molecule has 1 amide bonds. The van der Waals surface area contributed by atoms with E-state index in [2.05, 4.69) is 10.3 Å². The van der Waals surface area contributed by atoms with Gasteiger partial charge in [-0.1, -0.05) is 12.1 Å². The topological polar surface area (TPSA) is 72.7 Å². The summed E-state index contributed by atoms with van der Waals surface area (Å²) in [7, 11) is 0. The summed E-state index contributed by atoms with van der Waals surface area (Å²) in [4.78, 5) is 28.8. The van der Waals surface area contributed by atoms with E-state index >= 15 is 0 Å². The minimum Gasteiger partial charge on any atom is -0.458 e. The maximum atomic E-state index is 12.0. The highest BCUT2D eigenvalue weighted by atomic mass is 32.1. The molecular formula is C16H15N3O3S. The first-order chi connectivity index (χ1) is 11.1. The molecule has 0 aliphatic heterocycles. The maximum Gasteiger partial charge on any atom is 0.328 e. The van der Waals surface area contributed by atoms with E-state index in [9.17, 15) is 9.59 Å². The number of nitrogens with zero attached hydrogens (tertiary/aromatic N) is 2. The van der Waals surface area contributed by atoms with Crippen molar-refractivity contribution in [2.75, 3.05) is 0 Å². The van der Waals surface area contributed by atoms with Crippen molar-refractivity contribution in [2.24, 2.45) is 0 Å². The van der Waals surface area contributed by atoms with Crippen LogP contribution in [0.5, 0.6) is 0 Å². The van der Waals surface area contributed by atoms with Crippen molar-refractivity contribution >= 4 is 28.9 Å². The minimum atomic E-state index is -0.721. The average Bonchev–Trinajstić information content (AvgIpc) is 3.21. The molecule has 6 nitrogen and oxygen atoms in total. The molecule has 3 rings (SSSR count). The third-order valence-corrected chi connectivity index (χ3v) is 4.09. The maximum absolute atomic E-state index is 12.0. The highest BCUT2D eigenvalue weighted by Gasteiger charge is 2.18. The fraction of sp³-hybridized carbons (Fsp3) is 0.188. The van der Waals surface area contributed by atoms with Crippen LogP contribution in [0.1, 0.15) is 22.3 Å². The highest BCUT2D eigenvalue weighted by Crippen LogP contribution is 2.09. The molecule has 0 bridgehead atoms. The number of rotatable bonds is 5. The number of amides is 1. The normalized spacial score (nSPS) is 12.0. The molecule has 0 saturated heterocycles. The van der Waals surface area contributed by atoms with Gasteiger partial charge >= 0.3 is 5.97 Å². The minimum absolute atomic E-state index is 0.0692. The van der Waals surface area contributed by atoms with Gasteiger partial charge in [0.25, 0.3) is 5.91 Å². The summed E-state index contributed by atoms with van der Waals surface area (Å²) in [6.07, 6.45) is 3.68. The van der Waals surface area contributed by atoms with Gasteiger partial charge in [-0.25, -0.2) is 9.78 Å². The fourth-order valence-electron chi connectivity index (χ4n) is 2.06. The van der Waals surface area contributed by atoms with Crippen LogP contribution in [0, 0.1) is 0 Å². The average molecular weight is 329 g/mol. The number of carbonyl (C=O) groups is 2. The molecule has 0 aromatic carbocycles. The van der Waals surface area contributed by atoms with Crippen LogP contribution in [-0.4, -0.2) is 27.3 Å². The van der Waals surface area contributed by atoms with E-state index in [4.69, 9.17) is 4.74 Å². The molecule has 3 aromatic rings. The molecule has 0 radical (unpaired) electrons. The molecule has 0 spiro atoms. The van der Waals surface area contributed by atoms with Gasteiger partial charge in [0, 0.05) is 12.4 Å². The molecule has 23 heavy (non-hydrogen) atoms. The van der Waals surface area contributed by atoms with Gasteiger partial charge in [-0.05, 0) is 30.5 Å². The Bertz CT molecular complexity index is 793. The van der Waals surface area contributed by atoms with Gasteiger partial charge in [-0.15, -0.1) is 11.3 Å². The molecule has 3 heterocycles. The third-order valence-electron chi connectivity index (χ3n) is 3.22. The van der Waals surface area contributed by atoms with E-state index in [0.717, 1.165) is 5.65 Å². The Morgan fingerprint density at radius 3 is 2.96 bits per heavy atom. The smallest absolute Gasteiger partial charge is 0.328 e. The van der Waals surface area contributed by atoms with Crippen LogP contribution in [-0.2, 0) is 16.1 Å². The highest BCUT2D eigenvalue weighted by molar-refractivity contribution is 7.12. The number of hydrogen-bond donors (Lipinski definition) is 1. The van der Waals surface area contributed by atoms with Crippen LogP contribution < -0.4 is 5.32 Å². The standard InChI is InChI=1S/C16H15N3O3S/c1-11(17-15(20)13-5-4-8-23-13)16(21)22-10-12-9-19-7-3-2-6-14(19)18-12/h2-9,11H,10H2,1H3,(H,17,20). The van der Waals surface area contributed by atoms with Crippen molar-refractivity contribution in [3.05, 3.63) is 58.7 Å². The number of fused-ring (bicyclic) bond motifs is 1. The summed E-state index contributed by atoms with van der Waals surface area (Å²) < 4.78 is 7.06. The van der Waals surface area contributed by atoms with Crippen LogP contribution in [0.2, 0.25) is 0 Å². The lowest BCUT2D eigenvalue weighted by Crippen LogP contribution is -2.39. The summed E-state index contributed by atoms with van der Waals surface area (Å²) >= 11 is 1.32. The molecule has 0 aliphatic carbocycles. The van der Waals surface area contributed by atoms with Crippen LogP contribution in [0.3, 0.4) is 0 Å². The molecule has 0 aliphatic rings. The van der Waals surface area contributed by atoms with Crippen molar-refractivity contribution < 1.29 is 14.3 Å². The first kappa shape index (κ1) is 15.2. The molecule has 0 fully saturated rings. The molecule has 7 heteroatoms. The summed E-state index contributed by atoms with van der Waals surface area (Å²) in [5.41, 5.74) is 1.44. The molecule has 0 saturated carbocycles. The zero-order valence-electron chi connectivity index (χ0n) is 12.4. The lowest BCUT2D eigenvalue weighted by Gasteiger charge is -2.12. The monoisotopic (exact) mass is 329 g/mol. The largest absolute Gasteiger partial charge is 0.458 e. The van der Waals surface area contributed by atoms with Gasteiger partial charge in [0.15, 0.2) is 0 Å². The van der Waals surface area contributed by atoms with Gasteiger partial charge in [-0.2, -0.15) is 0 Å². The SMILES string of the molecule is CC(NC(=O)c1cccs1)C(=O)OCc1cn2ccccc2n1. The predicted octanol–water partition coefficient (Wildman–Crippen LogP) is 2.26. The Labute approximate surface area is 136 Å². The van der Waals surface area contributed by atoms with E-state index in [0.29, 0.717) is 10.6 Å². The molecule has 3 aromatic heterocycles. The predicted molar refractivity (Wildman–Crippen MR) is 86.2 cm³/mol. The fourth-order valence-corrected chi connectivity index (χ4v) is 2.69. The second kappa shape index (κ2) is 6.62. The molecule has 1 N–H and O–H groups in total. The van der Waals surface area contributed by atoms with E-state index < -0.39 is 12.0 Å². The Kier molecular flexibility index (Phi) is 4.38. The van der Waals surface area contributed by atoms with Crippen molar-refractivity contribution in [1.82, 2.24) is 14.7 Å². The quantitative estimate of drug-likeness (QED) is 0.729. The molecular weight excluding hydrogens is 314 g/mol. The van der Waals surface area contributed by atoms with Crippen LogP contribution >= 0.6 is 11.3 Å². The van der Waals surface area contributed by atoms with Crippen molar-refractivity contribution in [1.29, 1.82) is 0 Å². The van der Waals surface area contributed by atoms with Gasteiger partial charge in [0.1, 0.15) is 18.3 Å². The van der Waals surface area contributed by atoms with Crippen molar-refractivity contribution in [2.45, 2.75) is 19.6 Å². The summed E-state index contributed by atoms with van der Waals surface area (Å²) in [6.45, 7) is 1.66. The third kappa shape index (κ3) is 3.57. The zero-order chi connectivity index (χ0) is 16.2. The number of hydrogen-bond acceptors (Lipinski definition) is 5. The molecule has 118 valence electrons. The van der Waals surface area contributed by atoms with Crippen LogP contribution in [0.15, 0.2) is 48.1 Å². The lowest BCUT2D eigenvalue weighted by atomic mass is 10.3. The second-order valence-corrected chi connectivity index (χ2v) is 5.93. The molecule has 1 unspecified atom stereocenters. The lowest BCUT2D eigenvalue weighted by molar-refractivity contribution is -0.146. The number of nitrogens with one attached hydrogen (secondary N) is 1. The van der Waals surface area contributed by atoms with Gasteiger partial charge in [0.2, 0.25) is 0 Å². The Morgan fingerprint density at radius 1 is 1.35 bits per heavy atom. The summed E-state index contributed by atoms with van der Waals surface area (Å²) in [5.74, 6) is -0.774. The van der Waals surface area contributed by atoms with E-state index in [1.54, 1.807) is 30.6 Å². The van der Waals surface area contributed by atoms with E-state index in [1.807, 2.05) is 28.8 Å². The number of thiophene rings is 1. The molecule has 1 atom stereocenters. The number of carbonyl (C=O) groups excluding carboxylic acids is 2. The van der Waals surface area contributed by atoms with Crippen LogP contribution in [0.25, 0.3) is 5.65 Å². The Balaban J connectivity index is 1.55. The van der Waals surface area contributed by atoms with Crippen molar-refractivity contribution in [3.8, 4) is 0 Å². The van der Waals surface area contributed by atoms with E-state index in [1.165, 1.54) is 11.3 Å². The summed E-state index contributed by atoms with van der Waals surface area (Å²) in [5, 5.41) is 4.42. The number of ether oxygens (including phenoxy) is 1. The van der Waals surface area contributed by atoms with Gasteiger partial charge in [-0.3, -0.25) is 4.79 Å². The Hall–Kier alpha value is -2.67. The van der Waals surface area contributed by atoms with Crippen LogP contribution in [0.4, 0.5) is 0 Å². The number of esters is 1.